The van der Waals surface area contributed by atoms with Crippen LogP contribution < -0.4 is 11.3 Å². The zero-order valence-corrected chi connectivity index (χ0v) is 9.55. The maximum Gasteiger partial charge on any atom is 0.272 e. The second-order valence-corrected chi connectivity index (χ2v) is 4.07. The molecule has 0 saturated heterocycles. The van der Waals surface area contributed by atoms with Crippen LogP contribution in [0.25, 0.3) is 22.0 Å². The molecule has 0 spiro atoms. The number of aromatic nitrogens is 2. The molecule has 4 heteroatoms. The van der Waals surface area contributed by atoms with Crippen LogP contribution >= 0.6 is 0 Å². The number of aromatic amines is 1. The Kier molecular flexibility index (Phi) is 2.34. The Morgan fingerprint density at radius 2 is 1.61 bits per heavy atom. The van der Waals surface area contributed by atoms with Crippen LogP contribution in [0, 0.1) is 0 Å². The third-order valence-electron chi connectivity index (χ3n) is 2.88. The number of hydrogen-bond acceptors (Lipinski definition) is 3. The molecule has 1 aromatic heterocycles. The molecule has 0 aliphatic heterocycles. The van der Waals surface area contributed by atoms with Crippen LogP contribution in [0.3, 0.4) is 0 Å². The molecule has 3 rings (SSSR count). The smallest absolute Gasteiger partial charge is 0.272 e. The van der Waals surface area contributed by atoms with Crippen molar-refractivity contribution in [3.05, 3.63) is 58.9 Å². The van der Waals surface area contributed by atoms with E-state index in [1.165, 1.54) is 0 Å². The van der Waals surface area contributed by atoms with E-state index in [4.69, 9.17) is 5.73 Å². The molecule has 4 nitrogen and oxygen atoms in total. The minimum Gasteiger partial charge on any atom is -0.399 e. The first-order valence-electron chi connectivity index (χ1n) is 5.59. The first kappa shape index (κ1) is 10.5. The van der Waals surface area contributed by atoms with Gasteiger partial charge in [-0.15, -0.1) is 0 Å². The van der Waals surface area contributed by atoms with E-state index < -0.39 is 0 Å². The lowest BCUT2D eigenvalue weighted by Crippen LogP contribution is -2.09. The lowest BCUT2D eigenvalue weighted by Gasteiger charge is -2.05. The average Bonchev–Trinajstić information content (AvgIpc) is 2.41. The van der Waals surface area contributed by atoms with Crippen molar-refractivity contribution in [3.63, 3.8) is 0 Å². The van der Waals surface area contributed by atoms with Crippen molar-refractivity contribution >= 4 is 16.5 Å². The molecule has 3 N–H and O–H groups in total. The predicted octanol–water partition coefficient (Wildman–Crippen LogP) is 2.17. The van der Waals surface area contributed by atoms with Gasteiger partial charge in [-0.25, -0.2) is 5.10 Å². The van der Waals surface area contributed by atoms with Gasteiger partial charge in [-0.05, 0) is 18.2 Å². The highest BCUT2D eigenvalue weighted by Gasteiger charge is 2.07. The minimum absolute atomic E-state index is 0.176. The van der Waals surface area contributed by atoms with Crippen LogP contribution in [0.1, 0.15) is 0 Å². The first-order valence-corrected chi connectivity index (χ1v) is 5.59. The molecule has 88 valence electrons. The van der Waals surface area contributed by atoms with Gasteiger partial charge in [0.25, 0.3) is 5.56 Å². The SMILES string of the molecule is Nc1ccc(-c2n[nH]c(=O)c3ccccc23)cc1. The second kappa shape index (κ2) is 4.00. The summed E-state index contributed by atoms with van der Waals surface area (Å²) in [5.74, 6) is 0. The van der Waals surface area contributed by atoms with Crippen molar-refractivity contribution in [1.82, 2.24) is 10.2 Å². The molecule has 0 aliphatic carbocycles. The molecule has 0 saturated carbocycles. The highest BCUT2D eigenvalue weighted by atomic mass is 16.1. The van der Waals surface area contributed by atoms with Gasteiger partial charge in [0.15, 0.2) is 0 Å². The quantitative estimate of drug-likeness (QED) is 0.637. The van der Waals surface area contributed by atoms with Crippen LogP contribution in [0.15, 0.2) is 53.3 Å². The summed E-state index contributed by atoms with van der Waals surface area (Å²) in [4.78, 5) is 11.7. The lowest BCUT2D eigenvalue weighted by atomic mass is 10.1. The highest BCUT2D eigenvalue weighted by Crippen LogP contribution is 2.24. The van der Waals surface area contributed by atoms with Crippen molar-refractivity contribution in [2.45, 2.75) is 0 Å². The van der Waals surface area contributed by atoms with Gasteiger partial charge in [0.05, 0.1) is 11.1 Å². The second-order valence-electron chi connectivity index (χ2n) is 4.07. The summed E-state index contributed by atoms with van der Waals surface area (Å²) < 4.78 is 0. The number of benzene rings is 2. The minimum atomic E-state index is -0.176. The summed E-state index contributed by atoms with van der Waals surface area (Å²) >= 11 is 0. The predicted molar refractivity (Wildman–Crippen MR) is 72.2 cm³/mol. The van der Waals surface area contributed by atoms with Gasteiger partial charge in [0, 0.05) is 16.6 Å². The van der Waals surface area contributed by atoms with Gasteiger partial charge < -0.3 is 5.73 Å². The van der Waals surface area contributed by atoms with Gasteiger partial charge in [-0.2, -0.15) is 5.10 Å². The van der Waals surface area contributed by atoms with E-state index in [2.05, 4.69) is 10.2 Å². The highest BCUT2D eigenvalue weighted by molar-refractivity contribution is 5.93. The van der Waals surface area contributed by atoms with Crippen LogP contribution in [0.2, 0.25) is 0 Å². The fourth-order valence-corrected chi connectivity index (χ4v) is 1.98. The molecule has 0 aliphatic rings. The Balaban J connectivity index is 2.33. The molecule has 2 aromatic carbocycles. The Morgan fingerprint density at radius 1 is 0.944 bits per heavy atom. The van der Waals surface area contributed by atoms with Crippen molar-refractivity contribution in [1.29, 1.82) is 0 Å². The van der Waals surface area contributed by atoms with Crippen molar-refractivity contribution in [2.75, 3.05) is 5.73 Å². The number of H-pyrrole nitrogens is 1. The third kappa shape index (κ3) is 1.64. The fraction of sp³-hybridized carbons (Fsp3) is 0. The summed E-state index contributed by atoms with van der Waals surface area (Å²) in [6.07, 6.45) is 0. The Labute approximate surface area is 103 Å². The van der Waals surface area contributed by atoms with E-state index in [0.717, 1.165) is 16.6 Å². The van der Waals surface area contributed by atoms with Gasteiger partial charge in [0.2, 0.25) is 0 Å². The molecule has 0 amide bonds. The van der Waals surface area contributed by atoms with E-state index in [9.17, 15) is 4.79 Å². The van der Waals surface area contributed by atoms with Gasteiger partial charge in [0.1, 0.15) is 0 Å². The number of fused-ring (bicyclic) bond motifs is 1. The standard InChI is InChI=1S/C14H11N3O/c15-10-7-5-9(6-8-10)13-11-3-1-2-4-12(11)14(18)17-16-13/h1-8H,15H2,(H,17,18). The molecule has 0 bridgehead atoms. The molecule has 0 radical (unpaired) electrons. The third-order valence-corrected chi connectivity index (χ3v) is 2.88. The van der Waals surface area contributed by atoms with Gasteiger partial charge in [-0.3, -0.25) is 4.79 Å². The number of nitrogens with two attached hydrogens (primary N) is 1. The Hall–Kier alpha value is -2.62. The summed E-state index contributed by atoms with van der Waals surface area (Å²) in [6, 6.07) is 14.8. The van der Waals surface area contributed by atoms with E-state index in [1.54, 1.807) is 6.07 Å². The molecule has 18 heavy (non-hydrogen) atoms. The van der Waals surface area contributed by atoms with Crippen LogP contribution in [-0.4, -0.2) is 10.2 Å². The summed E-state index contributed by atoms with van der Waals surface area (Å²) in [5, 5.41) is 8.12. The zero-order valence-electron chi connectivity index (χ0n) is 9.55. The van der Waals surface area contributed by atoms with E-state index in [0.29, 0.717) is 11.1 Å². The van der Waals surface area contributed by atoms with Gasteiger partial charge in [-0.1, -0.05) is 30.3 Å². The lowest BCUT2D eigenvalue weighted by molar-refractivity contribution is 1.02. The molecular formula is C14H11N3O. The number of nitrogen functional groups attached to an aromatic ring is 1. The summed E-state index contributed by atoms with van der Waals surface area (Å²) in [6.45, 7) is 0. The normalized spacial score (nSPS) is 10.7. The van der Waals surface area contributed by atoms with Crippen LogP contribution in [-0.2, 0) is 0 Å². The van der Waals surface area contributed by atoms with Crippen molar-refractivity contribution in [3.8, 4) is 11.3 Å². The van der Waals surface area contributed by atoms with Crippen LogP contribution in [0.4, 0.5) is 5.69 Å². The van der Waals surface area contributed by atoms with E-state index >= 15 is 0 Å². The molecule has 0 unspecified atom stereocenters. The molecule has 0 fully saturated rings. The summed E-state index contributed by atoms with van der Waals surface area (Å²) in [7, 11) is 0. The van der Waals surface area contributed by atoms with Crippen molar-refractivity contribution in [2.24, 2.45) is 0 Å². The van der Waals surface area contributed by atoms with Crippen LogP contribution in [0.5, 0.6) is 0 Å². The zero-order chi connectivity index (χ0) is 12.5. The number of anilines is 1. The monoisotopic (exact) mass is 237 g/mol. The average molecular weight is 237 g/mol. The Morgan fingerprint density at radius 3 is 2.33 bits per heavy atom. The number of nitrogens with zero attached hydrogens (tertiary/aromatic N) is 1. The number of nitrogens with one attached hydrogen (secondary N) is 1. The molecule has 1 heterocycles. The van der Waals surface area contributed by atoms with E-state index in [1.807, 2.05) is 42.5 Å². The molecule has 3 aromatic rings. The maximum atomic E-state index is 11.7. The molecular weight excluding hydrogens is 226 g/mol. The first-order chi connectivity index (χ1) is 8.75. The summed E-state index contributed by atoms with van der Waals surface area (Å²) in [5.41, 5.74) is 7.87. The van der Waals surface area contributed by atoms with Crippen molar-refractivity contribution < 1.29 is 0 Å². The Bertz CT molecular complexity index is 760. The molecule has 0 atom stereocenters. The number of rotatable bonds is 1. The largest absolute Gasteiger partial charge is 0.399 e. The fourth-order valence-electron chi connectivity index (χ4n) is 1.98. The van der Waals surface area contributed by atoms with E-state index in [-0.39, 0.29) is 5.56 Å². The maximum absolute atomic E-state index is 11.7. The van der Waals surface area contributed by atoms with Gasteiger partial charge >= 0.3 is 0 Å². The topological polar surface area (TPSA) is 71.8 Å². The number of hydrogen-bond donors (Lipinski definition) is 2.